The van der Waals surface area contributed by atoms with Crippen LogP contribution in [0.15, 0.2) is 97.1 Å². The molecule has 0 radical (unpaired) electrons. The first-order valence-electron chi connectivity index (χ1n) is 12.9. The molecule has 204 valence electrons. The predicted molar refractivity (Wildman–Crippen MR) is 152 cm³/mol. The summed E-state index contributed by atoms with van der Waals surface area (Å²) >= 11 is 0. The molecule has 0 aliphatic rings. The molecule has 0 aromatic heterocycles. The van der Waals surface area contributed by atoms with Gasteiger partial charge in [-0.2, -0.15) is 5.48 Å². The maximum atomic E-state index is 13.3. The molecule has 4 rings (SSSR count). The van der Waals surface area contributed by atoms with E-state index in [1.807, 2.05) is 67.6 Å². The summed E-state index contributed by atoms with van der Waals surface area (Å²) in [6.45, 7) is 1.87. The quantitative estimate of drug-likeness (QED) is 0.129. The zero-order valence-corrected chi connectivity index (χ0v) is 22.0. The number of amides is 1. The number of hydrogen-bond donors (Lipinski definition) is 4. The van der Waals surface area contributed by atoms with Gasteiger partial charge in [-0.15, -0.1) is 0 Å². The van der Waals surface area contributed by atoms with Crippen molar-refractivity contribution >= 4 is 17.8 Å². The van der Waals surface area contributed by atoms with Crippen LogP contribution in [0.4, 0.5) is 0 Å². The molecule has 0 saturated heterocycles. The minimum atomic E-state index is -1.21. The Labute approximate surface area is 232 Å². The maximum absolute atomic E-state index is 13.3. The van der Waals surface area contributed by atoms with Gasteiger partial charge in [-0.25, -0.2) is 9.59 Å². The van der Waals surface area contributed by atoms with Crippen LogP contribution in [-0.4, -0.2) is 34.2 Å². The highest BCUT2D eigenvalue weighted by atomic mass is 16.6. The number of hydroxylamine groups is 1. The number of carboxylic acids is 2. The molecule has 0 aliphatic heterocycles. The lowest BCUT2D eigenvalue weighted by Crippen LogP contribution is -2.45. The molecule has 0 bridgehead atoms. The van der Waals surface area contributed by atoms with Crippen LogP contribution < -0.4 is 10.8 Å². The summed E-state index contributed by atoms with van der Waals surface area (Å²) in [5.41, 5.74) is 6.67. The Morgan fingerprint density at radius 3 is 1.80 bits per heavy atom. The Morgan fingerprint density at radius 2 is 1.25 bits per heavy atom. The summed E-state index contributed by atoms with van der Waals surface area (Å²) in [6.07, 6.45) is 0.536. The van der Waals surface area contributed by atoms with E-state index in [4.69, 9.17) is 4.84 Å². The van der Waals surface area contributed by atoms with Crippen LogP contribution in [0.5, 0.6) is 0 Å². The first-order valence-corrected chi connectivity index (χ1v) is 12.9. The van der Waals surface area contributed by atoms with Gasteiger partial charge in [0.25, 0.3) is 5.91 Å². The van der Waals surface area contributed by atoms with E-state index in [-0.39, 0.29) is 23.3 Å². The summed E-state index contributed by atoms with van der Waals surface area (Å²) in [6, 6.07) is 28.7. The van der Waals surface area contributed by atoms with Gasteiger partial charge in [0.1, 0.15) is 6.17 Å². The van der Waals surface area contributed by atoms with Crippen molar-refractivity contribution in [1.29, 1.82) is 0 Å². The van der Waals surface area contributed by atoms with E-state index in [9.17, 15) is 24.6 Å². The second-order valence-corrected chi connectivity index (χ2v) is 9.20. The fourth-order valence-corrected chi connectivity index (χ4v) is 4.37. The molecular weight excluding hydrogens is 508 g/mol. The number of hydrogen-bond acceptors (Lipinski definition) is 5. The van der Waals surface area contributed by atoms with Crippen molar-refractivity contribution in [2.45, 2.75) is 32.5 Å². The van der Waals surface area contributed by atoms with Gasteiger partial charge >= 0.3 is 11.9 Å². The summed E-state index contributed by atoms with van der Waals surface area (Å²) < 4.78 is 0. The zero-order valence-electron chi connectivity index (χ0n) is 22.0. The molecule has 0 saturated carbocycles. The van der Waals surface area contributed by atoms with E-state index in [0.29, 0.717) is 24.0 Å². The average Bonchev–Trinajstić information content (AvgIpc) is 2.97. The van der Waals surface area contributed by atoms with E-state index in [1.54, 1.807) is 30.3 Å². The van der Waals surface area contributed by atoms with Crippen molar-refractivity contribution in [3.63, 3.8) is 0 Å². The molecule has 0 fully saturated rings. The first kappa shape index (κ1) is 28.2. The number of carbonyl (C=O) groups is 3. The molecule has 4 aromatic carbocycles. The highest BCUT2D eigenvalue weighted by molar-refractivity contribution is 6.05. The standard InChI is InChI=1S/C32H30N2O6/c1-2-9-29(33-30(35)28-19-24(15-17-27(28)32(38)39)22-12-7-4-8-13-22)34-40-20-25-18-23(14-16-26(25)31(36)37)21-10-5-3-6-11-21/h3-8,10-19,29,34H,2,9,20H2,1H3,(H,33,35)(H,36,37)(H,38,39). The van der Waals surface area contributed by atoms with Gasteiger partial charge in [-0.1, -0.05) is 86.1 Å². The minimum absolute atomic E-state index is 0.0282. The Balaban J connectivity index is 1.50. The van der Waals surface area contributed by atoms with E-state index in [0.717, 1.165) is 16.7 Å². The lowest BCUT2D eigenvalue weighted by Gasteiger charge is -2.21. The van der Waals surface area contributed by atoms with E-state index in [1.165, 1.54) is 6.07 Å². The number of carboxylic acid groups (broad SMARTS) is 2. The maximum Gasteiger partial charge on any atom is 0.336 e. The van der Waals surface area contributed by atoms with Crippen LogP contribution in [0.2, 0.25) is 0 Å². The largest absolute Gasteiger partial charge is 0.478 e. The van der Waals surface area contributed by atoms with Gasteiger partial charge in [0.2, 0.25) is 0 Å². The van der Waals surface area contributed by atoms with Gasteiger partial charge in [-0.3, -0.25) is 9.63 Å². The van der Waals surface area contributed by atoms with Gasteiger partial charge in [0.05, 0.1) is 23.3 Å². The van der Waals surface area contributed by atoms with Gasteiger partial charge < -0.3 is 15.5 Å². The molecule has 1 atom stereocenters. The summed E-state index contributed by atoms with van der Waals surface area (Å²) in [5, 5.41) is 22.2. The Morgan fingerprint density at radius 1 is 0.700 bits per heavy atom. The molecule has 8 nitrogen and oxygen atoms in total. The molecule has 4 N–H and O–H groups in total. The molecule has 1 amide bonds. The SMILES string of the molecule is CCCC(NOCc1cc(-c2ccccc2)ccc1C(=O)O)NC(=O)c1cc(-c2ccccc2)ccc1C(=O)O. The normalized spacial score (nSPS) is 11.5. The van der Waals surface area contributed by atoms with Crippen molar-refractivity contribution in [2.24, 2.45) is 0 Å². The monoisotopic (exact) mass is 538 g/mol. The topological polar surface area (TPSA) is 125 Å². The highest BCUT2D eigenvalue weighted by Gasteiger charge is 2.21. The molecule has 40 heavy (non-hydrogen) atoms. The second kappa shape index (κ2) is 13.3. The molecule has 1 unspecified atom stereocenters. The highest BCUT2D eigenvalue weighted by Crippen LogP contribution is 2.24. The van der Waals surface area contributed by atoms with Crippen molar-refractivity contribution < 1.29 is 29.4 Å². The van der Waals surface area contributed by atoms with Gasteiger partial charge in [0.15, 0.2) is 0 Å². The third kappa shape index (κ3) is 6.99. The lowest BCUT2D eigenvalue weighted by atomic mass is 9.98. The second-order valence-electron chi connectivity index (χ2n) is 9.20. The van der Waals surface area contributed by atoms with Crippen LogP contribution in [0.3, 0.4) is 0 Å². The Kier molecular flexibility index (Phi) is 9.40. The number of benzene rings is 4. The van der Waals surface area contributed by atoms with Crippen LogP contribution in [0.25, 0.3) is 22.3 Å². The first-order chi connectivity index (χ1) is 19.4. The zero-order chi connectivity index (χ0) is 28.5. The number of aromatic carboxylic acids is 2. The summed E-state index contributed by atoms with van der Waals surface area (Å²) in [4.78, 5) is 42.6. The van der Waals surface area contributed by atoms with Gasteiger partial charge in [0, 0.05) is 0 Å². The number of nitrogens with one attached hydrogen (secondary N) is 2. The summed E-state index contributed by atoms with van der Waals surface area (Å²) in [5.74, 6) is -2.85. The fraction of sp³-hybridized carbons (Fsp3) is 0.156. The average molecular weight is 539 g/mol. The summed E-state index contributed by atoms with van der Waals surface area (Å²) in [7, 11) is 0. The number of rotatable bonds is 12. The van der Waals surface area contributed by atoms with Crippen molar-refractivity contribution in [2.75, 3.05) is 0 Å². The Hall–Kier alpha value is -4.79. The fourth-order valence-electron chi connectivity index (χ4n) is 4.37. The van der Waals surface area contributed by atoms with E-state index in [2.05, 4.69) is 10.8 Å². The Bertz CT molecular complexity index is 1490. The predicted octanol–water partition coefficient (Wildman–Crippen LogP) is 5.99. The van der Waals surface area contributed by atoms with E-state index >= 15 is 0 Å². The minimum Gasteiger partial charge on any atom is -0.478 e. The third-order valence-electron chi connectivity index (χ3n) is 6.38. The third-order valence-corrected chi connectivity index (χ3v) is 6.38. The van der Waals surface area contributed by atoms with Crippen molar-refractivity contribution in [3.8, 4) is 22.3 Å². The number of carbonyl (C=O) groups excluding carboxylic acids is 1. The molecule has 0 aliphatic carbocycles. The molecule has 8 heteroatoms. The van der Waals surface area contributed by atoms with Crippen LogP contribution in [0, 0.1) is 0 Å². The van der Waals surface area contributed by atoms with Crippen molar-refractivity contribution in [3.05, 3.63) is 119 Å². The molecule has 0 heterocycles. The molecule has 4 aromatic rings. The van der Waals surface area contributed by atoms with Crippen LogP contribution in [0.1, 0.15) is 56.4 Å². The van der Waals surface area contributed by atoms with E-state index < -0.39 is 24.0 Å². The van der Waals surface area contributed by atoms with Gasteiger partial charge in [-0.05, 0) is 58.5 Å². The van der Waals surface area contributed by atoms with Crippen LogP contribution >= 0.6 is 0 Å². The smallest absolute Gasteiger partial charge is 0.336 e. The van der Waals surface area contributed by atoms with Crippen LogP contribution in [-0.2, 0) is 11.4 Å². The molecule has 0 spiro atoms. The van der Waals surface area contributed by atoms with Crippen molar-refractivity contribution in [1.82, 2.24) is 10.8 Å². The lowest BCUT2D eigenvalue weighted by molar-refractivity contribution is -0.00611. The molecular formula is C32H30N2O6.